The number of hydrogen-bond acceptors (Lipinski definition) is 6. The summed E-state index contributed by atoms with van der Waals surface area (Å²) in [6.45, 7) is 1.23. The molecule has 8 heteroatoms. The summed E-state index contributed by atoms with van der Waals surface area (Å²) >= 11 is 0. The molecule has 142 valence electrons. The first kappa shape index (κ1) is 18.8. The largest absolute Gasteiger partial charge is 0.484 e. The van der Waals surface area contributed by atoms with Gasteiger partial charge in [-0.25, -0.2) is 9.97 Å². The first-order valence-electron chi connectivity index (χ1n) is 8.49. The summed E-state index contributed by atoms with van der Waals surface area (Å²) in [5, 5.41) is 5.45. The van der Waals surface area contributed by atoms with E-state index in [2.05, 4.69) is 20.6 Å². The summed E-state index contributed by atoms with van der Waals surface area (Å²) in [5.74, 6) is 0.121. The van der Waals surface area contributed by atoms with Gasteiger partial charge in [0.05, 0.1) is 17.1 Å². The van der Waals surface area contributed by atoms with Gasteiger partial charge in [0, 0.05) is 18.7 Å². The zero-order valence-corrected chi connectivity index (χ0v) is 15.2. The Bertz CT molecular complexity index is 992. The van der Waals surface area contributed by atoms with Crippen LogP contribution < -0.4 is 21.1 Å². The lowest BCUT2D eigenvalue weighted by Crippen LogP contribution is -2.21. The Morgan fingerprint density at radius 1 is 1.04 bits per heavy atom. The van der Waals surface area contributed by atoms with Crippen molar-refractivity contribution in [3.05, 3.63) is 60.8 Å². The smallest absolute Gasteiger partial charge is 0.262 e. The number of nitrogens with two attached hydrogens (primary N) is 1. The summed E-state index contributed by atoms with van der Waals surface area (Å²) in [4.78, 5) is 31.8. The highest BCUT2D eigenvalue weighted by atomic mass is 16.5. The van der Waals surface area contributed by atoms with Crippen molar-refractivity contribution in [2.75, 3.05) is 23.0 Å². The number of carbonyl (C=O) groups is 2. The monoisotopic (exact) mass is 377 g/mol. The fourth-order valence-corrected chi connectivity index (χ4v) is 2.49. The molecule has 0 atom stereocenters. The van der Waals surface area contributed by atoms with E-state index in [4.69, 9.17) is 10.5 Å². The number of hydrogen-bond donors (Lipinski definition) is 3. The molecule has 0 aliphatic carbocycles. The molecule has 0 saturated carbocycles. The molecule has 0 radical (unpaired) electrons. The highest BCUT2D eigenvalue weighted by Gasteiger charge is 2.11. The maximum absolute atomic E-state index is 12.2. The van der Waals surface area contributed by atoms with Crippen molar-refractivity contribution in [2.24, 2.45) is 0 Å². The summed E-state index contributed by atoms with van der Waals surface area (Å²) in [5.41, 5.74) is 7.84. The lowest BCUT2D eigenvalue weighted by Gasteiger charge is -2.14. The van der Waals surface area contributed by atoms with Gasteiger partial charge in [0.15, 0.2) is 6.61 Å². The van der Waals surface area contributed by atoms with Gasteiger partial charge >= 0.3 is 0 Å². The molecule has 0 spiro atoms. The number of nitrogens with one attached hydrogen (secondary N) is 2. The van der Waals surface area contributed by atoms with Crippen molar-refractivity contribution in [1.82, 2.24) is 9.97 Å². The highest BCUT2D eigenvalue weighted by molar-refractivity contribution is 6.00. The molecular formula is C20H19N5O3. The quantitative estimate of drug-likeness (QED) is 0.608. The van der Waals surface area contributed by atoms with Crippen molar-refractivity contribution in [2.45, 2.75) is 6.92 Å². The second-order valence-corrected chi connectivity index (χ2v) is 5.89. The number of ether oxygens (including phenoxy) is 1. The van der Waals surface area contributed by atoms with E-state index in [0.717, 1.165) is 5.56 Å². The molecule has 0 unspecified atom stereocenters. The van der Waals surface area contributed by atoms with Gasteiger partial charge in [-0.05, 0) is 30.3 Å². The third-order valence-corrected chi connectivity index (χ3v) is 3.69. The molecule has 4 N–H and O–H groups in total. The SMILES string of the molecule is CC(=O)Nc1cc(-c2ccnc(N)n2)ccc1NC(=O)COc1ccccc1. The van der Waals surface area contributed by atoms with Crippen LogP contribution in [0.2, 0.25) is 0 Å². The number of para-hydroxylation sites is 1. The standard InChI is InChI=1S/C20H19N5O3/c1-13(26)23-18-11-14(16-9-10-22-20(21)25-16)7-8-17(18)24-19(27)12-28-15-5-3-2-4-6-15/h2-11H,12H2,1H3,(H,23,26)(H,24,27)(H2,21,22,25). The zero-order chi connectivity index (χ0) is 19.9. The number of amides is 2. The molecule has 3 aromatic rings. The third-order valence-electron chi connectivity index (χ3n) is 3.69. The van der Waals surface area contributed by atoms with E-state index < -0.39 is 0 Å². The normalized spacial score (nSPS) is 10.2. The molecule has 1 aromatic heterocycles. The number of anilines is 3. The van der Waals surface area contributed by atoms with Gasteiger partial charge in [-0.3, -0.25) is 9.59 Å². The molecule has 2 amide bonds. The van der Waals surface area contributed by atoms with Gasteiger partial charge in [-0.2, -0.15) is 0 Å². The van der Waals surface area contributed by atoms with E-state index in [9.17, 15) is 9.59 Å². The highest BCUT2D eigenvalue weighted by Crippen LogP contribution is 2.28. The van der Waals surface area contributed by atoms with Crippen LogP contribution in [0.5, 0.6) is 5.75 Å². The Morgan fingerprint density at radius 3 is 2.54 bits per heavy atom. The van der Waals surface area contributed by atoms with E-state index in [-0.39, 0.29) is 24.4 Å². The van der Waals surface area contributed by atoms with E-state index in [1.165, 1.54) is 6.92 Å². The van der Waals surface area contributed by atoms with Crippen LogP contribution in [0.4, 0.5) is 17.3 Å². The summed E-state index contributed by atoms with van der Waals surface area (Å²) < 4.78 is 5.44. The number of nitrogen functional groups attached to an aromatic ring is 1. The van der Waals surface area contributed by atoms with Crippen molar-refractivity contribution >= 4 is 29.1 Å². The fourth-order valence-electron chi connectivity index (χ4n) is 2.49. The molecule has 8 nitrogen and oxygen atoms in total. The van der Waals surface area contributed by atoms with Crippen LogP contribution in [0.15, 0.2) is 60.8 Å². The van der Waals surface area contributed by atoms with Gasteiger partial charge in [0.1, 0.15) is 5.75 Å². The van der Waals surface area contributed by atoms with E-state index in [0.29, 0.717) is 22.8 Å². The van der Waals surface area contributed by atoms with Gasteiger partial charge in [0.25, 0.3) is 5.91 Å². The fraction of sp³-hybridized carbons (Fsp3) is 0.100. The van der Waals surface area contributed by atoms with Crippen LogP contribution in [0.3, 0.4) is 0 Å². The predicted octanol–water partition coefficient (Wildman–Crippen LogP) is 2.70. The first-order valence-corrected chi connectivity index (χ1v) is 8.49. The second-order valence-electron chi connectivity index (χ2n) is 5.89. The Kier molecular flexibility index (Phi) is 5.81. The van der Waals surface area contributed by atoms with Crippen molar-refractivity contribution in [3.8, 4) is 17.0 Å². The summed E-state index contributed by atoms with van der Waals surface area (Å²) in [6, 6.07) is 15.9. The molecule has 0 saturated heterocycles. The van der Waals surface area contributed by atoms with E-state index in [1.54, 1.807) is 42.6 Å². The number of benzene rings is 2. The second kappa shape index (κ2) is 8.63. The number of carbonyl (C=O) groups excluding carboxylic acids is 2. The van der Waals surface area contributed by atoms with Crippen LogP contribution in [0.1, 0.15) is 6.92 Å². The molecule has 3 rings (SSSR count). The maximum Gasteiger partial charge on any atom is 0.262 e. The van der Waals surface area contributed by atoms with Gasteiger partial charge in [0.2, 0.25) is 11.9 Å². The van der Waals surface area contributed by atoms with Crippen molar-refractivity contribution in [3.63, 3.8) is 0 Å². The van der Waals surface area contributed by atoms with Crippen LogP contribution >= 0.6 is 0 Å². The van der Waals surface area contributed by atoms with Crippen LogP contribution in [0, 0.1) is 0 Å². The van der Waals surface area contributed by atoms with Crippen LogP contribution in [-0.2, 0) is 9.59 Å². The summed E-state index contributed by atoms with van der Waals surface area (Å²) in [6.07, 6.45) is 1.55. The Morgan fingerprint density at radius 2 is 1.82 bits per heavy atom. The average molecular weight is 377 g/mol. The van der Waals surface area contributed by atoms with Crippen molar-refractivity contribution in [1.29, 1.82) is 0 Å². The number of rotatable bonds is 6. The predicted molar refractivity (Wildman–Crippen MR) is 107 cm³/mol. The Balaban J connectivity index is 1.77. The first-order chi connectivity index (χ1) is 13.5. The molecule has 0 bridgehead atoms. The van der Waals surface area contributed by atoms with E-state index >= 15 is 0 Å². The third kappa shape index (κ3) is 5.04. The van der Waals surface area contributed by atoms with Gasteiger partial charge in [-0.1, -0.05) is 24.3 Å². The molecular weight excluding hydrogens is 358 g/mol. The Hall–Kier alpha value is -3.94. The van der Waals surface area contributed by atoms with E-state index in [1.807, 2.05) is 18.2 Å². The van der Waals surface area contributed by atoms with Crippen LogP contribution in [0.25, 0.3) is 11.3 Å². The maximum atomic E-state index is 12.2. The summed E-state index contributed by atoms with van der Waals surface area (Å²) in [7, 11) is 0. The topological polar surface area (TPSA) is 119 Å². The minimum atomic E-state index is -0.352. The molecule has 0 aliphatic heterocycles. The number of nitrogens with zero attached hydrogens (tertiary/aromatic N) is 2. The molecule has 1 heterocycles. The van der Waals surface area contributed by atoms with Gasteiger partial charge < -0.3 is 21.1 Å². The number of aromatic nitrogens is 2. The molecule has 0 aliphatic rings. The zero-order valence-electron chi connectivity index (χ0n) is 15.2. The lowest BCUT2D eigenvalue weighted by molar-refractivity contribution is -0.118. The minimum absolute atomic E-state index is 0.147. The molecule has 0 fully saturated rings. The Labute approximate surface area is 161 Å². The lowest BCUT2D eigenvalue weighted by atomic mass is 10.1. The van der Waals surface area contributed by atoms with Crippen molar-refractivity contribution < 1.29 is 14.3 Å². The molecule has 2 aromatic carbocycles. The van der Waals surface area contributed by atoms with Crippen LogP contribution in [-0.4, -0.2) is 28.4 Å². The van der Waals surface area contributed by atoms with Gasteiger partial charge in [-0.15, -0.1) is 0 Å². The average Bonchev–Trinajstić information content (AvgIpc) is 2.68. The minimum Gasteiger partial charge on any atom is -0.484 e. The molecule has 28 heavy (non-hydrogen) atoms.